The molecule has 1 heteroatoms. The first-order chi connectivity index (χ1) is 6.65. The van der Waals surface area contributed by atoms with Crippen LogP contribution in [-0.4, -0.2) is 5.78 Å². The Balaban J connectivity index is 4.38. The molecule has 0 saturated carbocycles. The summed E-state index contributed by atoms with van der Waals surface area (Å²) in [6, 6.07) is 0. The molecular formula is C13H22O. The number of allylic oxidation sites excluding steroid dienone is 3. The van der Waals surface area contributed by atoms with E-state index in [0.717, 1.165) is 25.7 Å². The number of hydrogen-bond acceptors (Lipinski definition) is 1. The highest BCUT2D eigenvalue weighted by atomic mass is 16.1. The van der Waals surface area contributed by atoms with Gasteiger partial charge in [-0.1, -0.05) is 38.8 Å². The van der Waals surface area contributed by atoms with E-state index in [2.05, 4.69) is 13.5 Å². The summed E-state index contributed by atoms with van der Waals surface area (Å²) in [6.07, 6.45) is 7.55. The summed E-state index contributed by atoms with van der Waals surface area (Å²) in [6.45, 7) is 9.86. The molecule has 1 nitrogen and oxygen atoms in total. The van der Waals surface area contributed by atoms with Crippen LogP contribution in [0.4, 0.5) is 0 Å². The summed E-state index contributed by atoms with van der Waals surface area (Å²) in [5, 5.41) is 0. The minimum absolute atomic E-state index is 0.159. The summed E-state index contributed by atoms with van der Waals surface area (Å²) >= 11 is 0. The molecule has 0 N–H and O–H groups in total. The summed E-state index contributed by atoms with van der Waals surface area (Å²) < 4.78 is 0. The van der Waals surface area contributed by atoms with E-state index in [-0.39, 0.29) is 11.7 Å². The SMILES string of the molecule is C=CC/C(=C\C(=O)C(C)CC)CCC. The van der Waals surface area contributed by atoms with Crippen molar-refractivity contribution in [1.29, 1.82) is 0 Å². The zero-order valence-electron chi connectivity index (χ0n) is 9.68. The third kappa shape index (κ3) is 5.00. The Bertz CT molecular complexity index is 213. The Morgan fingerprint density at radius 2 is 2.07 bits per heavy atom. The minimum atomic E-state index is 0.159. The van der Waals surface area contributed by atoms with E-state index in [4.69, 9.17) is 0 Å². The van der Waals surface area contributed by atoms with Gasteiger partial charge in [-0.25, -0.2) is 0 Å². The summed E-state index contributed by atoms with van der Waals surface area (Å²) in [7, 11) is 0. The highest BCUT2D eigenvalue weighted by molar-refractivity contribution is 5.92. The van der Waals surface area contributed by atoms with Crippen LogP contribution in [0, 0.1) is 5.92 Å². The Kier molecular flexibility index (Phi) is 7.09. The van der Waals surface area contributed by atoms with Gasteiger partial charge in [0.2, 0.25) is 0 Å². The fourth-order valence-corrected chi connectivity index (χ4v) is 1.28. The van der Waals surface area contributed by atoms with Crippen molar-refractivity contribution in [3.8, 4) is 0 Å². The van der Waals surface area contributed by atoms with Crippen LogP contribution >= 0.6 is 0 Å². The Hall–Kier alpha value is -0.850. The number of hydrogen-bond donors (Lipinski definition) is 0. The fraction of sp³-hybridized carbons (Fsp3) is 0.615. The molecule has 0 aliphatic rings. The predicted octanol–water partition coefficient (Wildman–Crippen LogP) is 3.90. The van der Waals surface area contributed by atoms with Gasteiger partial charge in [0.1, 0.15) is 0 Å². The van der Waals surface area contributed by atoms with Crippen molar-refractivity contribution >= 4 is 5.78 Å². The number of rotatable bonds is 7. The highest BCUT2D eigenvalue weighted by Gasteiger charge is 2.08. The van der Waals surface area contributed by atoms with E-state index in [1.165, 1.54) is 5.57 Å². The zero-order valence-corrected chi connectivity index (χ0v) is 9.68. The van der Waals surface area contributed by atoms with Crippen molar-refractivity contribution in [2.24, 2.45) is 5.92 Å². The summed E-state index contributed by atoms with van der Waals surface area (Å²) in [5.74, 6) is 0.421. The molecule has 0 fully saturated rings. The van der Waals surface area contributed by atoms with Gasteiger partial charge in [0.15, 0.2) is 5.78 Å². The smallest absolute Gasteiger partial charge is 0.158 e. The number of carbonyl (C=O) groups is 1. The average molecular weight is 194 g/mol. The second kappa shape index (κ2) is 7.54. The number of ketones is 1. The first-order valence-corrected chi connectivity index (χ1v) is 5.49. The quantitative estimate of drug-likeness (QED) is 0.443. The van der Waals surface area contributed by atoms with Crippen molar-refractivity contribution in [3.05, 3.63) is 24.3 Å². The predicted molar refractivity (Wildman–Crippen MR) is 62.3 cm³/mol. The van der Waals surface area contributed by atoms with E-state index in [1.54, 1.807) is 0 Å². The van der Waals surface area contributed by atoms with Crippen molar-refractivity contribution < 1.29 is 4.79 Å². The molecule has 0 heterocycles. The molecule has 0 spiro atoms. The lowest BCUT2D eigenvalue weighted by Gasteiger charge is -2.06. The molecule has 0 bridgehead atoms. The average Bonchev–Trinajstić information content (AvgIpc) is 2.17. The van der Waals surface area contributed by atoms with Crippen LogP contribution in [-0.2, 0) is 4.79 Å². The summed E-state index contributed by atoms with van der Waals surface area (Å²) in [5.41, 5.74) is 1.22. The molecule has 0 rings (SSSR count). The first-order valence-electron chi connectivity index (χ1n) is 5.49. The zero-order chi connectivity index (χ0) is 11.0. The molecular weight excluding hydrogens is 172 g/mol. The van der Waals surface area contributed by atoms with Crippen molar-refractivity contribution in [2.75, 3.05) is 0 Å². The maximum atomic E-state index is 11.6. The molecule has 0 aliphatic heterocycles. The third-order valence-electron chi connectivity index (χ3n) is 2.42. The third-order valence-corrected chi connectivity index (χ3v) is 2.42. The van der Waals surface area contributed by atoms with Gasteiger partial charge in [-0.15, -0.1) is 6.58 Å². The molecule has 80 valence electrons. The van der Waals surface area contributed by atoms with Gasteiger partial charge in [-0.3, -0.25) is 4.79 Å². The maximum absolute atomic E-state index is 11.6. The fourth-order valence-electron chi connectivity index (χ4n) is 1.28. The second-order valence-corrected chi connectivity index (χ2v) is 3.76. The standard InChI is InChI=1S/C13H22O/c1-5-8-12(9-6-2)10-13(14)11(4)7-3/h5,10-11H,1,6-9H2,2-4H3/b12-10+. The first kappa shape index (κ1) is 13.2. The largest absolute Gasteiger partial charge is 0.295 e. The molecule has 1 atom stereocenters. The van der Waals surface area contributed by atoms with Crippen LogP contribution in [0.1, 0.15) is 46.5 Å². The molecule has 0 aromatic rings. The molecule has 14 heavy (non-hydrogen) atoms. The minimum Gasteiger partial charge on any atom is -0.295 e. The second-order valence-electron chi connectivity index (χ2n) is 3.76. The van der Waals surface area contributed by atoms with Crippen LogP contribution in [0.5, 0.6) is 0 Å². The van der Waals surface area contributed by atoms with Gasteiger partial charge < -0.3 is 0 Å². The molecule has 0 amide bonds. The lowest BCUT2D eigenvalue weighted by Crippen LogP contribution is -2.07. The van der Waals surface area contributed by atoms with Gasteiger partial charge in [-0.2, -0.15) is 0 Å². The Labute approximate surface area is 87.9 Å². The van der Waals surface area contributed by atoms with E-state index in [1.807, 2.05) is 26.0 Å². The Morgan fingerprint density at radius 3 is 2.50 bits per heavy atom. The molecule has 0 aliphatic carbocycles. The van der Waals surface area contributed by atoms with Crippen LogP contribution in [0.3, 0.4) is 0 Å². The van der Waals surface area contributed by atoms with Gasteiger partial charge in [-0.05, 0) is 25.3 Å². The van der Waals surface area contributed by atoms with Crippen molar-refractivity contribution in [2.45, 2.75) is 46.5 Å². The molecule has 0 aromatic carbocycles. The van der Waals surface area contributed by atoms with Crippen LogP contribution < -0.4 is 0 Å². The normalized spacial score (nSPS) is 13.8. The maximum Gasteiger partial charge on any atom is 0.158 e. The van der Waals surface area contributed by atoms with E-state index >= 15 is 0 Å². The van der Waals surface area contributed by atoms with Gasteiger partial charge in [0.05, 0.1) is 0 Å². The Morgan fingerprint density at radius 1 is 1.43 bits per heavy atom. The monoisotopic (exact) mass is 194 g/mol. The molecule has 0 saturated heterocycles. The van der Waals surface area contributed by atoms with Gasteiger partial charge >= 0.3 is 0 Å². The lowest BCUT2D eigenvalue weighted by molar-refractivity contribution is -0.117. The van der Waals surface area contributed by atoms with Gasteiger partial charge in [0.25, 0.3) is 0 Å². The van der Waals surface area contributed by atoms with Gasteiger partial charge in [0, 0.05) is 5.92 Å². The van der Waals surface area contributed by atoms with Crippen molar-refractivity contribution in [1.82, 2.24) is 0 Å². The van der Waals surface area contributed by atoms with E-state index < -0.39 is 0 Å². The number of carbonyl (C=O) groups excluding carboxylic acids is 1. The molecule has 0 radical (unpaired) electrons. The summed E-state index contributed by atoms with van der Waals surface area (Å²) in [4.78, 5) is 11.6. The van der Waals surface area contributed by atoms with E-state index in [9.17, 15) is 4.79 Å². The van der Waals surface area contributed by atoms with Crippen LogP contribution in [0.15, 0.2) is 24.3 Å². The highest BCUT2D eigenvalue weighted by Crippen LogP contribution is 2.13. The van der Waals surface area contributed by atoms with E-state index in [0.29, 0.717) is 0 Å². The van der Waals surface area contributed by atoms with Crippen molar-refractivity contribution in [3.63, 3.8) is 0 Å². The molecule has 1 unspecified atom stereocenters. The topological polar surface area (TPSA) is 17.1 Å². The lowest BCUT2D eigenvalue weighted by atomic mass is 9.98. The molecule has 0 aromatic heterocycles. The van der Waals surface area contributed by atoms with Crippen LogP contribution in [0.25, 0.3) is 0 Å². The van der Waals surface area contributed by atoms with Crippen LogP contribution in [0.2, 0.25) is 0 Å².